The van der Waals surface area contributed by atoms with Gasteiger partial charge in [-0.2, -0.15) is 0 Å². The second-order valence-corrected chi connectivity index (χ2v) is 11.9. The van der Waals surface area contributed by atoms with E-state index in [4.69, 9.17) is 14.2 Å². The average Bonchev–Trinajstić information content (AvgIpc) is 2.98. The topological polar surface area (TPSA) is 44.8 Å². The van der Waals surface area contributed by atoms with E-state index < -0.39 is 0 Å². The Hall–Kier alpha value is -1.71. The molecule has 0 radical (unpaired) electrons. The molecule has 1 aromatic rings. The summed E-state index contributed by atoms with van der Waals surface area (Å²) in [5.74, 6) is 1.09. The summed E-state index contributed by atoms with van der Waals surface area (Å²) >= 11 is 0. The van der Waals surface area contributed by atoms with E-state index in [9.17, 15) is 4.79 Å². The first-order valence-corrected chi connectivity index (χ1v) is 17.8. The molecule has 0 saturated carbocycles. The van der Waals surface area contributed by atoms with Crippen LogP contribution in [0.5, 0.6) is 11.5 Å². The lowest BCUT2D eigenvalue weighted by Crippen LogP contribution is -2.07. The molecule has 0 bridgehead atoms. The molecule has 0 unspecified atom stereocenters. The summed E-state index contributed by atoms with van der Waals surface area (Å²) in [7, 11) is 0. The number of rotatable bonds is 30. The van der Waals surface area contributed by atoms with E-state index in [1.807, 2.05) is 13.0 Å². The number of hydrogen-bond donors (Lipinski definition) is 0. The minimum Gasteiger partial charge on any atom is -0.490 e. The summed E-state index contributed by atoms with van der Waals surface area (Å²) in [6.07, 6.45) is 31.8. The van der Waals surface area contributed by atoms with Gasteiger partial charge in [0.25, 0.3) is 0 Å². The monoisotopic (exact) mass is 574 g/mol. The van der Waals surface area contributed by atoms with Gasteiger partial charge in [0.2, 0.25) is 0 Å². The minimum atomic E-state index is -0.310. The Bertz CT molecular complexity index is 717. The van der Waals surface area contributed by atoms with Gasteiger partial charge in [-0.15, -0.1) is 0 Å². The molecule has 41 heavy (non-hydrogen) atoms. The quantitative estimate of drug-likeness (QED) is 0.0677. The Balaban J connectivity index is 2.24. The van der Waals surface area contributed by atoms with E-state index >= 15 is 0 Å². The van der Waals surface area contributed by atoms with Crippen molar-refractivity contribution in [3.63, 3.8) is 0 Å². The fourth-order valence-corrected chi connectivity index (χ4v) is 5.33. The Kier molecular flexibility index (Phi) is 25.9. The Labute approximate surface area is 254 Å². The Morgan fingerprint density at radius 1 is 0.488 bits per heavy atom. The number of ether oxygens (including phenoxy) is 3. The highest BCUT2D eigenvalue weighted by Crippen LogP contribution is 2.29. The van der Waals surface area contributed by atoms with Crippen LogP contribution in [0.2, 0.25) is 0 Å². The van der Waals surface area contributed by atoms with Gasteiger partial charge in [-0.3, -0.25) is 0 Å². The fraction of sp³-hybridized carbons (Fsp3) is 0.811. The molecule has 0 heterocycles. The molecule has 4 nitrogen and oxygen atoms in total. The second kappa shape index (κ2) is 28.4. The van der Waals surface area contributed by atoms with Crippen molar-refractivity contribution in [3.05, 3.63) is 23.8 Å². The lowest BCUT2D eigenvalue weighted by molar-refractivity contribution is 0.0525. The van der Waals surface area contributed by atoms with E-state index in [2.05, 4.69) is 13.8 Å². The standard InChI is InChI=1S/C37H66O4/c1-4-7-9-11-13-15-17-19-21-23-25-27-31-40-35-30-29-34(37(38)39-6-3)33-36(35)41-32-28-26-24-22-20-18-16-14-12-10-8-5-2/h29-30,33H,4-28,31-32H2,1-3H3. The number of carbonyl (C=O) groups excluding carboxylic acids is 1. The predicted octanol–water partition coefficient (Wildman–Crippen LogP) is 12.0. The summed E-state index contributed by atoms with van der Waals surface area (Å²) in [5.41, 5.74) is 0.522. The molecule has 1 aromatic carbocycles. The Morgan fingerprint density at radius 2 is 0.854 bits per heavy atom. The van der Waals surface area contributed by atoms with E-state index in [0.717, 1.165) is 18.6 Å². The van der Waals surface area contributed by atoms with Crippen molar-refractivity contribution in [2.24, 2.45) is 0 Å². The van der Waals surface area contributed by atoms with Gasteiger partial charge >= 0.3 is 5.97 Å². The third kappa shape index (κ3) is 21.6. The highest BCUT2D eigenvalue weighted by atomic mass is 16.5. The third-order valence-corrected chi connectivity index (χ3v) is 7.97. The molecule has 0 aliphatic heterocycles. The minimum absolute atomic E-state index is 0.310. The molecule has 0 aliphatic carbocycles. The van der Waals surface area contributed by atoms with Crippen LogP contribution in [0.1, 0.15) is 185 Å². The van der Waals surface area contributed by atoms with E-state index in [1.165, 1.54) is 141 Å². The van der Waals surface area contributed by atoms with Crippen LogP contribution >= 0.6 is 0 Å². The van der Waals surface area contributed by atoms with Crippen LogP contribution in [0.15, 0.2) is 18.2 Å². The van der Waals surface area contributed by atoms with Crippen molar-refractivity contribution in [2.75, 3.05) is 19.8 Å². The van der Waals surface area contributed by atoms with Crippen molar-refractivity contribution >= 4 is 5.97 Å². The molecular weight excluding hydrogens is 508 g/mol. The number of unbranched alkanes of at least 4 members (excludes halogenated alkanes) is 22. The molecule has 4 heteroatoms. The van der Waals surface area contributed by atoms with Gasteiger partial charge in [-0.05, 0) is 38.0 Å². The summed E-state index contributed by atoms with van der Waals surface area (Å²) in [6.45, 7) is 8.09. The highest BCUT2D eigenvalue weighted by Gasteiger charge is 2.13. The zero-order chi connectivity index (χ0) is 29.6. The van der Waals surface area contributed by atoms with Gasteiger partial charge in [-0.25, -0.2) is 4.79 Å². The molecule has 0 amide bonds. The van der Waals surface area contributed by atoms with Gasteiger partial charge in [0.1, 0.15) is 0 Å². The van der Waals surface area contributed by atoms with Crippen molar-refractivity contribution in [3.8, 4) is 11.5 Å². The highest BCUT2D eigenvalue weighted by molar-refractivity contribution is 5.90. The van der Waals surface area contributed by atoms with Crippen LogP contribution in [-0.4, -0.2) is 25.8 Å². The lowest BCUT2D eigenvalue weighted by atomic mass is 10.1. The Morgan fingerprint density at radius 3 is 1.24 bits per heavy atom. The zero-order valence-corrected chi connectivity index (χ0v) is 27.5. The maximum absolute atomic E-state index is 12.3. The van der Waals surface area contributed by atoms with Crippen molar-refractivity contribution < 1.29 is 19.0 Å². The van der Waals surface area contributed by atoms with Crippen molar-refractivity contribution in [2.45, 2.75) is 175 Å². The molecule has 0 saturated heterocycles. The van der Waals surface area contributed by atoms with Gasteiger partial charge in [0, 0.05) is 0 Å². The van der Waals surface area contributed by atoms with Crippen LogP contribution in [0.25, 0.3) is 0 Å². The van der Waals surface area contributed by atoms with E-state index in [1.54, 1.807) is 12.1 Å². The van der Waals surface area contributed by atoms with Crippen molar-refractivity contribution in [1.82, 2.24) is 0 Å². The normalized spacial score (nSPS) is 11.1. The van der Waals surface area contributed by atoms with Crippen molar-refractivity contribution in [1.29, 1.82) is 0 Å². The lowest BCUT2D eigenvalue weighted by Gasteiger charge is -2.14. The van der Waals surface area contributed by atoms with Crippen LogP contribution in [0.4, 0.5) is 0 Å². The fourth-order valence-electron chi connectivity index (χ4n) is 5.33. The van der Waals surface area contributed by atoms with Gasteiger partial charge in [0.15, 0.2) is 11.5 Å². The number of esters is 1. The zero-order valence-electron chi connectivity index (χ0n) is 27.5. The number of benzene rings is 1. The van der Waals surface area contributed by atoms with Gasteiger partial charge in [-0.1, -0.05) is 155 Å². The molecule has 0 spiro atoms. The molecule has 0 atom stereocenters. The molecule has 0 aliphatic rings. The van der Waals surface area contributed by atoms with Crippen LogP contribution in [0, 0.1) is 0 Å². The number of hydrogen-bond acceptors (Lipinski definition) is 4. The van der Waals surface area contributed by atoms with E-state index in [-0.39, 0.29) is 5.97 Å². The molecule has 0 aromatic heterocycles. The van der Waals surface area contributed by atoms with Crippen LogP contribution in [0.3, 0.4) is 0 Å². The molecule has 1 rings (SSSR count). The molecular formula is C37H66O4. The predicted molar refractivity (Wildman–Crippen MR) is 176 cm³/mol. The first kappa shape index (κ1) is 37.3. The SMILES string of the molecule is CCCCCCCCCCCCCCOc1ccc(C(=O)OCC)cc1OCCCCCCCCCCCCCC. The average molecular weight is 575 g/mol. The first-order chi connectivity index (χ1) is 20.2. The smallest absolute Gasteiger partial charge is 0.338 e. The maximum atomic E-state index is 12.3. The summed E-state index contributed by atoms with van der Waals surface area (Å²) in [6, 6.07) is 5.44. The van der Waals surface area contributed by atoms with E-state index in [0.29, 0.717) is 31.1 Å². The first-order valence-electron chi connectivity index (χ1n) is 17.8. The van der Waals surface area contributed by atoms with Gasteiger partial charge < -0.3 is 14.2 Å². The third-order valence-electron chi connectivity index (χ3n) is 7.97. The summed E-state index contributed by atoms with van der Waals surface area (Å²) in [5, 5.41) is 0. The van der Waals surface area contributed by atoms with Crippen LogP contribution in [-0.2, 0) is 4.74 Å². The molecule has 0 N–H and O–H groups in total. The second-order valence-electron chi connectivity index (χ2n) is 11.9. The molecule has 238 valence electrons. The largest absolute Gasteiger partial charge is 0.490 e. The summed E-state index contributed by atoms with van der Waals surface area (Å²) < 4.78 is 17.4. The number of carbonyl (C=O) groups is 1. The summed E-state index contributed by atoms with van der Waals surface area (Å²) in [4.78, 5) is 12.3. The maximum Gasteiger partial charge on any atom is 0.338 e. The van der Waals surface area contributed by atoms with Crippen LogP contribution < -0.4 is 9.47 Å². The molecule has 0 fully saturated rings. The van der Waals surface area contributed by atoms with Gasteiger partial charge in [0.05, 0.1) is 25.4 Å².